The molecular formula is C19H27Cl2N5O2. The first-order valence-corrected chi connectivity index (χ1v) is 8.93. The summed E-state index contributed by atoms with van der Waals surface area (Å²) in [5.74, 6) is 0.254. The van der Waals surface area contributed by atoms with Crippen LogP contribution in [0.15, 0.2) is 43.0 Å². The second-order valence-corrected chi connectivity index (χ2v) is 6.82. The average molecular weight is 428 g/mol. The standard InChI is InChI=1S/C19H25N5O2.2ClH/c1-14-9-15(11-20)12-24(14)19(26)16-3-2-4-17(10-16)22-18(25)5-7-23-8-6-21-13-23;;/h2-4,6,8,10,13-15H,5,7,9,11-12,20H2,1H3,(H,22,25);2*1H. The van der Waals surface area contributed by atoms with Crippen LogP contribution < -0.4 is 11.1 Å². The zero-order valence-corrected chi connectivity index (χ0v) is 17.4. The Balaban J connectivity index is 0.00000196. The molecule has 1 fully saturated rings. The quantitative estimate of drug-likeness (QED) is 0.740. The number of hydrogen-bond acceptors (Lipinski definition) is 4. The summed E-state index contributed by atoms with van der Waals surface area (Å²) in [4.78, 5) is 30.7. The third kappa shape index (κ3) is 5.95. The van der Waals surface area contributed by atoms with Crippen molar-refractivity contribution in [1.29, 1.82) is 0 Å². The molecule has 0 bridgehead atoms. The minimum atomic E-state index is -0.0963. The van der Waals surface area contributed by atoms with E-state index in [-0.39, 0.29) is 42.7 Å². The molecule has 0 radical (unpaired) electrons. The highest BCUT2D eigenvalue weighted by atomic mass is 35.5. The molecule has 0 saturated carbocycles. The molecule has 1 aromatic carbocycles. The number of likely N-dealkylation sites (tertiary alicyclic amines) is 1. The number of nitrogens with two attached hydrogens (primary N) is 1. The Morgan fingerprint density at radius 3 is 2.75 bits per heavy atom. The van der Waals surface area contributed by atoms with Crippen LogP contribution >= 0.6 is 24.8 Å². The molecule has 1 aliphatic rings. The molecular weight excluding hydrogens is 401 g/mol. The predicted molar refractivity (Wildman–Crippen MR) is 114 cm³/mol. The number of aryl methyl sites for hydroxylation is 1. The summed E-state index contributed by atoms with van der Waals surface area (Å²) >= 11 is 0. The van der Waals surface area contributed by atoms with Gasteiger partial charge < -0.3 is 20.5 Å². The van der Waals surface area contributed by atoms with E-state index in [1.165, 1.54) is 0 Å². The van der Waals surface area contributed by atoms with Crippen molar-refractivity contribution < 1.29 is 9.59 Å². The maximum Gasteiger partial charge on any atom is 0.254 e. The molecule has 3 rings (SSSR count). The van der Waals surface area contributed by atoms with Crippen molar-refractivity contribution in [2.24, 2.45) is 11.7 Å². The van der Waals surface area contributed by atoms with E-state index in [0.717, 1.165) is 6.42 Å². The van der Waals surface area contributed by atoms with Crippen molar-refractivity contribution in [3.05, 3.63) is 48.5 Å². The molecule has 3 N–H and O–H groups in total. The minimum Gasteiger partial charge on any atom is -0.337 e. The average Bonchev–Trinajstić information content (AvgIpc) is 3.29. The molecule has 1 saturated heterocycles. The molecule has 0 spiro atoms. The number of benzene rings is 1. The normalized spacial score (nSPS) is 18.1. The maximum atomic E-state index is 12.8. The molecule has 7 nitrogen and oxygen atoms in total. The van der Waals surface area contributed by atoms with Gasteiger partial charge in [0.1, 0.15) is 0 Å². The molecule has 1 aromatic heterocycles. The molecule has 28 heavy (non-hydrogen) atoms. The molecule has 2 atom stereocenters. The number of nitrogens with zero attached hydrogens (tertiary/aromatic N) is 3. The number of anilines is 1. The SMILES string of the molecule is CC1CC(CN)CN1C(=O)c1cccc(NC(=O)CCn2ccnc2)c1.Cl.Cl. The summed E-state index contributed by atoms with van der Waals surface area (Å²) < 4.78 is 1.85. The van der Waals surface area contributed by atoms with Gasteiger partial charge in [0.05, 0.1) is 6.33 Å². The molecule has 1 aliphatic heterocycles. The van der Waals surface area contributed by atoms with E-state index in [9.17, 15) is 9.59 Å². The number of aromatic nitrogens is 2. The lowest BCUT2D eigenvalue weighted by Crippen LogP contribution is -2.34. The van der Waals surface area contributed by atoms with E-state index in [2.05, 4.69) is 17.2 Å². The van der Waals surface area contributed by atoms with Crippen LogP contribution in [0.1, 0.15) is 30.1 Å². The monoisotopic (exact) mass is 427 g/mol. The molecule has 2 heterocycles. The van der Waals surface area contributed by atoms with Gasteiger partial charge in [-0.25, -0.2) is 4.98 Å². The van der Waals surface area contributed by atoms with Crippen LogP contribution in [0, 0.1) is 5.92 Å². The van der Waals surface area contributed by atoms with Crippen LogP contribution in [0.2, 0.25) is 0 Å². The fourth-order valence-corrected chi connectivity index (χ4v) is 3.37. The van der Waals surface area contributed by atoms with E-state index in [1.54, 1.807) is 36.8 Å². The highest BCUT2D eigenvalue weighted by Gasteiger charge is 2.32. The van der Waals surface area contributed by atoms with Crippen molar-refractivity contribution >= 4 is 42.3 Å². The van der Waals surface area contributed by atoms with Crippen LogP contribution in [0.4, 0.5) is 5.69 Å². The summed E-state index contributed by atoms with van der Waals surface area (Å²) in [6.45, 7) is 3.91. The highest BCUT2D eigenvalue weighted by molar-refractivity contribution is 5.97. The molecule has 2 unspecified atom stereocenters. The van der Waals surface area contributed by atoms with E-state index >= 15 is 0 Å². The summed E-state index contributed by atoms with van der Waals surface area (Å²) in [6, 6.07) is 7.29. The van der Waals surface area contributed by atoms with E-state index in [1.807, 2.05) is 15.7 Å². The third-order valence-corrected chi connectivity index (χ3v) is 4.81. The number of hydrogen-bond donors (Lipinski definition) is 2. The second kappa shape index (κ2) is 11.0. The summed E-state index contributed by atoms with van der Waals surface area (Å²) in [5.41, 5.74) is 6.97. The fourth-order valence-electron chi connectivity index (χ4n) is 3.37. The van der Waals surface area contributed by atoms with E-state index < -0.39 is 0 Å². The van der Waals surface area contributed by atoms with Crippen molar-refractivity contribution in [3.8, 4) is 0 Å². The van der Waals surface area contributed by atoms with Crippen molar-refractivity contribution in [2.45, 2.75) is 32.4 Å². The fraction of sp³-hybridized carbons (Fsp3) is 0.421. The van der Waals surface area contributed by atoms with Crippen LogP contribution in [0.25, 0.3) is 0 Å². The Bertz CT molecular complexity index is 769. The highest BCUT2D eigenvalue weighted by Crippen LogP contribution is 2.25. The number of carbonyl (C=O) groups excluding carboxylic acids is 2. The van der Waals surface area contributed by atoms with Gasteiger partial charge in [0.25, 0.3) is 5.91 Å². The number of imidazole rings is 1. The summed E-state index contributed by atoms with van der Waals surface area (Å²) in [5, 5.41) is 2.86. The summed E-state index contributed by atoms with van der Waals surface area (Å²) in [6.07, 6.45) is 6.46. The zero-order valence-electron chi connectivity index (χ0n) is 15.8. The largest absolute Gasteiger partial charge is 0.337 e. The predicted octanol–water partition coefficient (Wildman–Crippen LogP) is 2.56. The van der Waals surface area contributed by atoms with Gasteiger partial charge in [0, 0.05) is 49.2 Å². The van der Waals surface area contributed by atoms with Crippen LogP contribution in [0.3, 0.4) is 0 Å². The van der Waals surface area contributed by atoms with Gasteiger partial charge >= 0.3 is 0 Å². The number of nitrogens with one attached hydrogen (secondary N) is 1. The Kier molecular flexibility index (Phi) is 9.45. The Morgan fingerprint density at radius 1 is 1.32 bits per heavy atom. The molecule has 2 aromatic rings. The number of halogens is 2. The van der Waals surface area contributed by atoms with Gasteiger partial charge in [0.2, 0.25) is 5.91 Å². The Hall–Kier alpha value is -2.09. The number of amides is 2. The van der Waals surface area contributed by atoms with Crippen LogP contribution in [-0.4, -0.2) is 45.4 Å². The molecule has 0 aliphatic carbocycles. The van der Waals surface area contributed by atoms with Crippen LogP contribution in [-0.2, 0) is 11.3 Å². The van der Waals surface area contributed by atoms with Gasteiger partial charge in [-0.1, -0.05) is 6.07 Å². The molecule has 2 amide bonds. The zero-order chi connectivity index (χ0) is 18.5. The van der Waals surface area contributed by atoms with Gasteiger partial charge in [-0.15, -0.1) is 24.8 Å². The van der Waals surface area contributed by atoms with Crippen molar-refractivity contribution in [3.63, 3.8) is 0 Å². The second-order valence-electron chi connectivity index (χ2n) is 6.82. The number of rotatable bonds is 6. The third-order valence-electron chi connectivity index (χ3n) is 4.81. The van der Waals surface area contributed by atoms with E-state index in [0.29, 0.717) is 43.2 Å². The van der Waals surface area contributed by atoms with Crippen molar-refractivity contribution in [2.75, 3.05) is 18.4 Å². The first-order valence-electron chi connectivity index (χ1n) is 8.93. The lowest BCUT2D eigenvalue weighted by Gasteiger charge is -2.22. The van der Waals surface area contributed by atoms with Crippen LogP contribution in [0.5, 0.6) is 0 Å². The minimum absolute atomic E-state index is 0. The van der Waals surface area contributed by atoms with Gasteiger partial charge in [-0.2, -0.15) is 0 Å². The Labute approximate surface area is 177 Å². The first-order chi connectivity index (χ1) is 12.6. The molecule has 154 valence electrons. The van der Waals surface area contributed by atoms with E-state index in [4.69, 9.17) is 5.73 Å². The smallest absolute Gasteiger partial charge is 0.254 e. The summed E-state index contributed by atoms with van der Waals surface area (Å²) in [7, 11) is 0. The number of carbonyl (C=O) groups is 2. The topological polar surface area (TPSA) is 93.3 Å². The Morgan fingerprint density at radius 2 is 2.11 bits per heavy atom. The first kappa shape index (κ1) is 23.9. The van der Waals surface area contributed by atoms with Crippen molar-refractivity contribution in [1.82, 2.24) is 14.5 Å². The van der Waals surface area contributed by atoms with Gasteiger partial charge in [-0.3, -0.25) is 9.59 Å². The maximum absolute atomic E-state index is 12.8. The lowest BCUT2D eigenvalue weighted by molar-refractivity contribution is -0.116. The lowest BCUT2D eigenvalue weighted by atomic mass is 10.1. The van der Waals surface area contributed by atoms with Gasteiger partial charge in [0.15, 0.2) is 0 Å². The van der Waals surface area contributed by atoms with Gasteiger partial charge in [-0.05, 0) is 44.0 Å². The molecule has 9 heteroatoms.